The van der Waals surface area contributed by atoms with Gasteiger partial charge in [0.2, 0.25) is 0 Å². The molecule has 2 N–H and O–H groups in total. The molecule has 3 aliphatic rings. The van der Waals surface area contributed by atoms with Crippen LogP contribution in [0, 0.1) is 13.8 Å². The van der Waals surface area contributed by atoms with Crippen LogP contribution in [0.25, 0.3) is 44.5 Å². The molecular formula is C59H66O4. The van der Waals surface area contributed by atoms with Crippen molar-refractivity contribution in [2.75, 3.05) is 0 Å². The van der Waals surface area contributed by atoms with Crippen molar-refractivity contribution < 1.29 is 19.7 Å². The van der Waals surface area contributed by atoms with Gasteiger partial charge >= 0.3 is 0 Å². The lowest BCUT2D eigenvalue weighted by molar-refractivity contribution is 0.0787. The number of fused-ring (bicyclic) bond motifs is 3. The van der Waals surface area contributed by atoms with Crippen LogP contribution in [0.4, 0.5) is 0 Å². The summed E-state index contributed by atoms with van der Waals surface area (Å²) in [7, 11) is 0. The average Bonchev–Trinajstić information content (AvgIpc) is 3.29. The van der Waals surface area contributed by atoms with Crippen molar-refractivity contribution in [1.29, 1.82) is 0 Å². The van der Waals surface area contributed by atoms with Crippen molar-refractivity contribution in [2.45, 2.75) is 150 Å². The number of para-hydroxylation sites is 2. The number of aryl methyl sites for hydroxylation is 6. The Kier molecular flexibility index (Phi) is 12.4. The second kappa shape index (κ2) is 18.3. The van der Waals surface area contributed by atoms with Crippen LogP contribution < -0.4 is 9.47 Å². The number of aromatic hydroxyl groups is 2. The van der Waals surface area contributed by atoms with E-state index in [-0.39, 0.29) is 12.2 Å². The van der Waals surface area contributed by atoms with E-state index >= 15 is 0 Å². The summed E-state index contributed by atoms with van der Waals surface area (Å²) in [5.41, 5.74) is 21.5. The van der Waals surface area contributed by atoms with Crippen LogP contribution in [0.3, 0.4) is 0 Å². The summed E-state index contributed by atoms with van der Waals surface area (Å²) in [6.45, 7) is 12.9. The molecule has 6 aromatic rings. The van der Waals surface area contributed by atoms with Gasteiger partial charge in [-0.05, 0) is 221 Å². The maximum atomic E-state index is 12.4. The first-order valence-electron chi connectivity index (χ1n) is 24.2. The Morgan fingerprint density at radius 3 is 1.38 bits per heavy atom. The second-order valence-corrected chi connectivity index (χ2v) is 18.8. The minimum Gasteiger partial charge on any atom is -0.507 e. The Hall–Kier alpha value is -5.48. The van der Waals surface area contributed by atoms with Gasteiger partial charge in [-0.3, -0.25) is 0 Å². The molecule has 4 nitrogen and oxygen atoms in total. The molecule has 326 valence electrons. The molecule has 63 heavy (non-hydrogen) atoms. The fourth-order valence-corrected chi connectivity index (χ4v) is 11.2. The Morgan fingerprint density at radius 1 is 0.492 bits per heavy atom. The van der Waals surface area contributed by atoms with E-state index in [2.05, 4.69) is 90.1 Å². The summed E-state index contributed by atoms with van der Waals surface area (Å²) in [4.78, 5) is 0. The largest absolute Gasteiger partial charge is 0.507 e. The first-order chi connectivity index (χ1) is 30.6. The van der Waals surface area contributed by atoms with Crippen LogP contribution in [0.5, 0.6) is 23.0 Å². The molecule has 0 fully saturated rings. The van der Waals surface area contributed by atoms with Crippen molar-refractivity contribution in [3.05, 3.63) is 141 Å². The molecule has 0 aliphatic heterocycles. The molecule has 9 rings (SSSR count). The Labute approximate surface area is 376 Å². The highest BCUT2D eigenvalue weighted by atomic mass is 16.5. The van der Waals surface area contributed by atoms with Gasteiger partial charge in [0.25, 0.3) is 0 Å². The van der Waals surface area contributed by atoms with Crippen LogP contribution >= 0.6 is 0 Å². The summed E-state index contributed by atoms with van der Waals surface area (Å²) in [6.07, 6.45) is 16.2. The molecule has 4 heteroatoms. The summed E-state index contributed by atoms with van der Waals surface area (Å²) < 4.78 is 13.7. The standard InChI is InChI=1S/C59H66O4/c1-7-19-40-34-41-20-9-12-23-45(41)56(44(40)8-2)52-32-36(3)30-50(58(52)60)48-26-15-17-28-54(48)62-38(5)39(6)63-55-29-18-16-27-49(55)51-31-37(4)33-53(59(51)61)57-46-24-13-10-21-42(46)35-43-22-11-14-25-47(43)57/h15-18,26-35,38-39,60-61H,7-14,19-25H2,1-6H3. The summed E-state index contributed by atoms with van der Waals surface area (Å²) >= 11 is 0. The third kappa shape index (κ3) is 8.27. The molecule has 0 saturated heterocycles. The third-order valence-corrected chi connectivity index (χ3v) is 14.4. The summed E-state index contributed by atoms with van der Waals surface area (Å²) in [5.74, 6) is 2.05. The van der Waals surface area contributed by atoms with Crippen LogP contribution in [-0.4, -0.2) is 22.4 Å². The van der Waals surface area contributed by atoms with E-state index in [1.54, 1.807) is 0 Å². The number of hydrogen-bond acceptors (Lipinski definition) is 4. The van der Waals surface area contributed by atoms with Crippen molar-refractivity contribution >= 4 is 0 Å². The van der Waals surface area contributed by atoms with E-state index in [1.165, 1.54) is 94.2 Å². The number of benzene rings is 6. The highest BCUT2D eigenvalue weighted by molar-refractivity contribution is 5.90. The zero-order chi connectivity index (χ0) is 43.8. The zero-order valence-corrected chi connectivity index (χ0v) is 38.6. The quantitative estimate of drug-likeness (QED) is 0.129. The molecule has 0 heterocycles. The number of phenols is 2. The van der Waals surface area contributed by atoms with Crippen molar-refractivity contribution in [2.24, 2.45) is 0 Å². The Balaban J connectivity index is 1.03. The molecule has 0 spiro atoms. The fourth-order valence-electron chi connectivity index (χ4n) is 11.2. The van der Waals surface area contributed by atoms with Gasteiger partial charge < -0.3 is 19.7 Å². The molecule has 0 radical (unpaired) electrons. The van der Waals surface area contributed by atoms with E-state index in [1.807, 2.05) is 36.4 Å². The third-order valence-electron chi connectivity index (χ3n) is 14.4. The van der Waals surface area contributed by atoms with Gasteiger partial charge in [-0.2, -0.15) is 0 Å². The SMILES string of the molecule is CCCc1cc2c(c(-c3cc(C)cc(-c4ccccc4OC(C)C(C)Oc4ccccc4-c4cc(C)cc(-c5c6c(cc7c5CCCC7)CCCC6)c4O)c3O)c1CC)CCCC2. The smallest absolute Gasteiger partial charge is 0.132 e. The van der Waals surface area contributed by atoms with Gasteiger partial charge in [0.05, 0.1) is 0 Å². The molecule has 0 aromatic heterocycles. The van der Waals surface area contributed by atoms with Crippen LogP contribution in [-0.2, 0) is 51.4 Å². The lowest BCUT2D eigenvalue weighted by atomic mass is 9.76. The van der Waals surface area contributed by atoms with Crippen molar-refractivity contribution in [3.8, 4) is 67.5 Å². The van der Waals surface area contributed by atoms with Gasteiger partial charge in [-0.1, -0.05) is 68.8 Å². The monoisotopic (exact) mass is 838 g/mol. The van der Waals surface area contributed by atoms with Gasteiger partial charge in [0, 0.05) is 33.4 Å². The van der Waals surface area contributed by atoms with Crippen molar-refractivity contribution in [1.82, 2.24) is 0 Å². The highest BCUT2D eigenvalue weighted by Crippen LogP contribution is 2.49. The normalized spacial score (nSPS) is 15.5. The number of hydrogen-bond donors (Lipinski definition) is 2. The first kappa shape index (κ1) is 42.8. The molecule has 2 atom stereocenters. The van der Waals surface area contributed by atoms with Gasteiger partial charge in [-0.15, -0.1) is 0 Å². The summed E-state index contributed by atoms with van der Waals surface area (Å²) in [6, 6.07) is 29.7. The molecule has 0 bridgehead atoms. The van der Waals surface area contributed by atoms with Gasteiger partial charge in [0.15, 0.2) is 0 Å². The van der Waals surface area contributed by atoms with E-state index in [0.29, 0.717) is 23.0 Å². The van der Waals surface area contributed by atoms with Crippen LogP contribution in [0.2, 0.25) is 0 Å². The average molecular weight is 839 g/mol. The molecule has 2 unspecified atom stereocenters. The second-order valence-electron chi connectivity index (χ2n) is 18.8. The molecule has 0 saturated carbocycles. The Morgan fingerprint density at radius 2 is 0.905 bits per heavy atom. The van der Waals surface area contributed by atoms with Crippen LogP contribution in [0.1, 0.15) is 128 Å². The molecular weight excluding hydrogens is 773 g/mol. The van der Waals surface area contributed by atoms with Crippen molar-refractivity contribution in [3.63, 3.8) is 0 Å². The van der Waals surface area contributed by atoms with E-state index in [0.717, 1.165) is 102 Å². The highest BCUT2D eigenvalue weighted by Gasteiger charge is 2.29. The summed E-state index contributed by atoms with van der Waals surface area (Å²) in [5, 5.41) is 24.8. The minimum atomic E-state index is -0.348. The van der Waals surface area contributed by atoms with Gasteiger partial charge in [-0.25, -0.2) is 0 Å². The number of ether oxygens (including phenoxy) is 2. The molecule has 3 aliphatic carbocycles. The maximum Gasteiger partial charge on any atom is 0.132 e. The van der Waals surface area contributed by atoms with E-state index in [9.17, 15) is 10.2 Å². The minimum absolute atomic E-state index is 0.313. The maximum absolute atomic E-state index is 12.4. The predicted molar refractivity (Wildman–Crippen MR) is 261 cm³/mol. The van der Waals surface area contributed by atoms with Crippen LogP contribution in [0.15, 0.2) is 84.9 Å². The first-order valence-corrected chi connectivity index (χ1v) is 24.2. The lowest BCUT2D eigenvalue weighted by Gasteiger charge is -2.29. The number of rotatable bonds is 12. The van der Waals surface area contributed by atoms with E-state index in [4.69, 9.17) is 9.47 Å². The van der Waals surface area contributed by atoms with E-state index < -0.39 is 0 Å². The predicted octanol–water partition coefficient (Wildman–Crippen LogP) is 14.8. The molecule has 0 amide bonds. The topological polar surface area (TPSA) is 58.9 Å². The lowest BCUT2D eigenvalue weighted by Crippen LogP contribution is -2.31. The number of phenolic OH excluding ortho intramolecular Hbond substituents is 2. The Bertz CT molecular complexity index is 2630. The fraction of sp³-hybridized carbons (Fsp3) is 0.390. The zero-order valence-electron chi connectivity index (χ0n) is 38.6. The van der Waals surface area contributed by atoms with Gasteiger partial charge in [0.1, 0.15) is 35.2 Å². The molecule has 6 aromatic carbocycles.